The highest BCUT2D eigenvalue weighted by Gasteiger charge is 2.38. The van der Waals surface area contributed by atoms with Crippen LogP contribution in [0.5, 0.6) is 0 Å². The number of imide groups is 1. The van der Waals surface area contributed by atoms with Crippen molar-refractivity contribution in [2.75, 3.05) is 23.9 Å². The Labute approximate surface area is 263 Å². The molecule has 1 aliphatic heterocycles. The van der Waals surface area contributed by atoms with Crippen molar-refractivity contribution >= 4 is 64.8 Å². The summed E-state index contributed by atoms with van der Waals surface area (Å²) in [5, 5.41) is 10.1. The van der Waals surface area contributed by atoms with Crippen LogP contribution in [0.25, 0.3) is 0 Å². The third-order valence-electron chi connectivity index (χ3n) is 6.75. The standard InChI is InChI=1S/C29H49N5O7S2/c1-6-7-14-34-25(37)17-23(29(34)41)43-16-11-13-24(36)31-21(4)27(39)33-22(5)28(40)32-20(3)26(38)30-18-42-15-10-8-9-12-19(2)35/h20-23H,6-18H2,1-5H3,(H,30,38)(H,31,36)(H,32,40)(H,33,39)/t20-,21-,22+,23?/m1/s1. The second-order valence-corrected chi connectivity index (χ2v) is 13.2. The van der Waals surface area contributed by atoms with Crippen LogP contribution in [-0.4, -0.2) is 93.4 Å². The highest BCUT2D eigenvalue weighted by Crippen LogP contribution is 2.26. The van der Waals surface area contributed by atoms with Crippen LogP contribution in [-0.2, 0) is 33.6 Å². The molecule has 12 nitrogen and oxygen atoms in total. The van der Waals surface area contributed by atoms with Gasteiger partial charge in [0.25, 0.3) is 0 Å². The van der Waals surface area contributed by atoms with E-state index in [0.717, 1.165) is 37.9 Å². The Morgan fingerprint density at radius 2 is 1.44 bits per heavy atom. The Balaban J connectivity index is 2.25. The zero-order valence-electron chi connectivity index (χ0n) is 26.1. The molecule has 244 valence electrons. The highest BCUT2D eigenvalue weighted by atomic mass is 32.2. The molecule has 1 unspecified atom stereocenters. The molecular formula is C29H49N5O7S2. The van der Waals surface area contributed by atoms with Crippen molar-refractivity contribution in [3.63, 3.8) is 0 Å². The number of Topliss-reactive ketones (excluding diaryl/α,β-unsaturated/α-hetero) is 1. The molecular weight excluding hydrogens is 594 g/mol. The summed E-state index contributed by atoms with van der Waals surface area (Å²) in [6.45, 7) is 8.59. The number of unbranched alkanes of at least 4 members (excludes halogenated alkanes) is 3. The van der Waals surface area contributed by atoms with E-state index in [9.17, 15) is 33.6 Å². The first-order chi connectivity index (χ1) is 20.4. The van der Waals surface area contributed by atoms with Crippen LogP contribution in [0.15, 0.2) is 0 Å². The molecule has 1 fully saturated rings. The van der Waals surface area contributed by atoms with Gasteiger partial charge in [-0.3, -0.25) is 33.7 Å². The molecule has 0 aliphatic carbocycles. The molecule has 0 aromatic rings. The third-order valence-corrected chi connectivity index (χ3v) is 8.97. The van der Waals surface area contributed by atoms with E-state index in [1.165, 1.54) is 30.5 Å². The van der Waals surface area contributed by atoms with Gasteiger partial charge in [-0.05, 0) is 64.9 Å². The Morgan fingerprint density at radius 1 is 0.814 bits per heavy atom. The number of hydrogen-bond donors (Lipinski definition) is 4. The minimum absolute atomic E-state index is 0.145. The van der Waals surface area contributed by atoms with Gasteiger partial charge in [-0.25, -0.2) is 0 Å². The number of amides is 6. The minimum atomic E-state index is -0.925. The lowest BCUT2D eigenvalue weighted by Gasteiger charge is -2.20. The van der Waals surface area contributed by atoms with Crippen molar-refractivity contribution in [2.24, 2.45) is 0 Å². The Kier molecular flexibility index (Phi) is 18.9. The molecule has 0 bridgehead atoms. The molecule has 14 heteroatoms. The number of rotatable bonds is 22. The van der Waals surface area contributed by atoms with E-state index < -0.39 is 35.2 Å². The van der Waals surface area contributed by atoms with Crippen LogP contribution in [0, 0.1) is 0 Å². The number of carbonyl (C=O) groups excluding carboxylic acids is 7. The Bertz CT molecular complexity index is 981. The number of likely N-dealkylation sites (tertiary alicyclic amines) is 1. The zero-order chi connectivity index (χ0) is 32.4. The molecule has 0 aromatic heterocycles. The smallest absolute Gasteiger partial charge is 0.242 e. The van der Waals surface area contributed by atoms with Gasteiger partial charge in [-0.15, -0.1) is 23.5 Å². The van der Waals surface area contributed by atoms with Crippen molar-refractivity contribution in [3.8, 4) is 0 Å². The zero-order valence-corrected chi connectivity index (χ0v) is 27.8. The van der Waals surface area contributed by atoms with E-state index in [-0.39, 0.29) is 42.3 Å². The lowest BCUT2D eigenvalue weighted by Crippen LogP contribution is -2.54. The normalized spacial score (nSPS) is 16.8. The number of hydrogen-bond acceptors (Lipinski definition) is 9. The van der Waals surface area contributed by atoms with Crippen molar-refractivity contribution in [3.05, 3.63) is 0 Å². The molecule has 4 atom stereocenters. The second-order valence-electron chi connectivity index (χ2n) is 10.8. The van der Waals surface area contributed by atoms with Gasteiger partial charge in [0, 0.05) is 25.8 Å². The van der Waals surface area contributed by atoms with Gasteiger partial charge in [-0.1, -0.05) is 19.8 Å². The van der Waals surface area contributed by atoms with Crippen LogP contribution in [0.4, 0.5) is 0 Å². The molecule has 43 heavy (non-hydrogen) atoms. The lowest BCUT2D eigenvalue weighted by molar-refractivity contribution is -0.138. The van der Waals surface area contributed by atoms with Crippen LogP contribution in [0.1, 0.15) is 92.4 Å². The van der Waals surface area contributed by atoms with Crippen LogP contribution >= 0.6 is 23.5 Å². The van der Waals surface area contributed by atoms with E-state index in [1.54, 1.807) is 25.6 Å². The summed E-state index contributed by atoms with van der Waals surface area (Å²) < 4.78 is 0. The minimum Gasteiger partial charge on any atom is -0.345 e. The third kappa shape index (κ3) is 15.6. The van der Waals surface area contributed by atoms with Gasteiger partial charge in [0.2, 0.25) is 35.4 Å². The Morgan fingerprint density at radius 3 is 2.07 bits per heavy atom. The molecule has 0 spiro atoms. The summed E-state index contributed by atoms with van der Waals surface area (Å²) >= 11 is 2.94. The monoisotopic (exact) mass is 643 g/mol. The first-order valence-corrected chi connectivity index (χ1v) is 17.3. The van der Waals surface area contributed by atoms with Gasteiger partial charge in [0.15, 0.2) is 0 Å². The summed E-state index contributed by atoms with van der Waals surface area (Å²) in [6.07, 6.45) is 5.90. The maximum Gasteiger partial charge on any atom is 0.242 e. The fourth-order valence-electron chi connectivity index (χ4n) is 4.08. The number of nitrogens with zero attached hydrogens (tertiary/aromatic N) is 1. The number of ketones is 1. The first-order valence-electron chi connectivity index (χ1n) is 15.1. The number of nitrogens with one attached hydrogen (secondary N) is 4. The van der Waals surface area contributed by atoms with E-state index >= 15 is 0 Å². The highest BCUT2D eigenvalue weighted by molar-refractivity contribution is 8.00. The predicted octanol–water partition coefficient (Wildman–Crippen LogP) is 1.90. The SMILES string of the molecule is CCCCN1C(=O)CC(SCCCC(=O)N[C@H](C)C(=O)N[C@@H](C)C(=O)N[C@H](C)C(=O)NCSCCCCCC(C)=O)C1=O. The molecule has 0 radical (unpaired) electrons. The van der Waals surface area contributed by atoms with E-state index in [1.807, 2.05) is 6.92 Å². The topological polar surface area (TPSA) is 171 Å². The van der Waals surface area contributed by atoms with Gasteiger partial charge < -0.3 is 26.1 Å². The number of carbonyl (C=O) groups is 7. The van der Waals surface area contributed by atoms with Crippen LogP contribution in [0.3, 0.4) is 0 Å². The van der Waals surface area contributed by atoms with Gasteiger partial charge >= 0.3 is 0 Å². The quantitative estimate of drug-likeness (QED) is 0.0782. The fourth-order valence-corrected chi connectivity index (χ4v) is 6.00. The van der Waals surface area contributed by atoms with Gasteiger partial charge in [-0.2, -0.15) is 0 Å². The van der Waals surface area contributed by atoms with Crippen molar-refractivity contribution in [1.29, 1.82) is 0 Å². The molecule has 1 saturated heterocycles. The Hall–Kier alpha value is -2.61. The molecule has 1 rings (SSSR count). The van der Waals surface area contributed by atoms with Gasteiger partial charge in [0.05, 0.1) is 11.1 Å². The van der Waals surface area contributed by atoms with Crippen molar-refractivity contribution < 1.29 is 33.6 Å². The molecule has 1 aliphatic rings. The maximum absolute atomic E-state index is 12.5. The van der Waals surface area contributed by atoms with Gasteiger partial charge in [0.1, 0.15) is 23.9 Å². The maximum atomic E-state index is 12.5. The second kappa shape index (κ2) is 21.2. The molecule has 1 heterocycles. The van der Waals surface area contributed by atoms with Crippen molar-refractivity contribution in [2.45, 2.75) is 116 Å². The number of thioether (sulfide) groups is 2. The lowest BCUT2D eigenvalue weighted by atomic mass is 10.2. The van der Waals surface area contributed by atoms with Crippen molar-refractivity contribution in [1.82, 2.24) is 26.2 Å². The predicted molar refractivity (Wildman–Crippen MR) is 169 cm³/mol. The summed E-state index contributed by atoms with van der Waals surface area (Å²) in [7, 11) is 0. The van der Waals surface area contributed by atoms with E-state index in [0.29, 0.717) is 31.0 Å². The molecule has 0 saturated carbocycles. The summed E-state index contributed by atoms with van der Waals surface area (Å²) in [6, 6.07) is -2.60. The largest absolute Gasteiger partial charge is 0.345 e. The summed E-state index contributed by atoms with van der Waals surface area (Å²) in [5.74, 6) is -0.0559. The fraction of sp³-hybridized carbons (Fsp3) is 0.759. The van der Waals surface area contributed by atoms with Crippen LogP contribution < -0.4 is 21.3 Å². The average Bonchev–Trinajstić information content (AvgIpc) is 3.22. The summed E-state index contributed by atoms with van der Waals surface area (Å²) in [4.78, 5) is 86.3. The summed E-state index contributed by atoms with van der Waals surface area (Å²) in [5.41, 5.74) is 0. The van der Waals surface area contributed by atoms with E-state index in [2.05, 4.69) is 21.3 Å². The average molecular weight is 644 g/mol. The van der Waals surface area contributed by atoms with Crippen LogP contribution in [0.2, 0.25) is 0 Å². The first kappa shape index (κ1) is 38.4. The van der Waals surface area contributed by atoms with E-state index in [4.69, 9.17) is 0 Å². The molecule has 0 aromatic carbocycles. The molecule has 4 N–H and O–H groups in total. The molecule has 6 amide bonds.